The van der Waals surface area contributed by atoms with Crippen LogP contribution in [0.1, 0.15) is 30.9 Å². The van der Waals surface area contributed by atoms with Crippen molar-refractivity contribution in [1.82, 2.24) is 4.98 Å². The summed E-state index contributed by atoms with van der Waals surface area (Å²) in [5.74, 6) is 0.261. The first-order chi connectivity index (χ1) is 10.1. The van der Waals surface area contributed by atoms with Crippen LogP contribution in [0.4, 0.5) is 5.69 Å². The predicted octanol–water partition coefficient (Wildman–Crippen LogP) is 4.51. The molecule has 0 fully saturated rings. The SMILES string of the molecule is CC(C)c1ccc(/C=C/C(=O)Nc2cccnc2Cl)cc1. The van der Waals surface area contributed by atoms with Crippen molar-refractivity contribution in [1.29, 1.82) is 0 Å². The van der Waals surface area contributed by atoms with Gasteiger partial charge in [0.1, 0.15) is 0 Å². The second kappa shape index (κ2) is 7.04. The Hall–Kier alpha value is -2.13. The van der Waals surface area contributed by atoms with Crippen molar-refractivity contribution < 1.29 is 4.79 Å². The summed E-state index contributed by atoms with van der Waals surface area (Å²) in [6, 6.07) is 11.6. The third-order valence-electron chi connectivity index (χ3n) is 3.05. The third kappa shape index (κ3) is 4.43. The van der Waals surface area contributed by atoms with Gasteiger partial charge in [0.05, 0.1) is 5.69 Å². The van der Waals surface area contributed by atoms with Gasteiger partial charge in [-0.25, -0.2) is 4.98 Å². The summed E-state index contributed by atoms with van der Waals surface area (Å²) in [5.41, 5.74) is 2.76. The van der Waals surface area contributed by atoms with E-state index in [1.807, 2.05) is 12.1 Å². The number of aromatic nitrogens is 1. The number of anilines is 1. The van der Waals surface area contributed by atoms with Gasteiger partial charge in [0.15, 0.2) is 5.15 Å². The zero-order valence-corrected chi connectivity index (χ0v) is 12.8. The fraction of sp³-hybridized carbons (Fsp3) is 0.176. The quantitative estimate of drug-likeness (QED) is 0.667. The molecule has 2 aromatic rings. The zero-order chi connectivity index (χ0) is 15.2. The highest BCUT2D eigenvalue weighted by atomic mass is 35.5. The summed E-state index contributed by atoms with van der Waals surface area (Å²) < 4.78 is 0. The van der Waals surface area contributed by atoms with Crippen LogP contribution >= 0.6 is 11.6 Å². The number of pyridine rings is 1. The highest BCUT2D eigenvalue weighted by Gasteiger charge is 2.03. The Morgan fingerprint density at radius 3 is 2.57 bits per heavy atom. The predicted molar refractivity (Wildman–Crippen MR) is 87.4 cm³/mol. The van der Waals surface area contributed by atoms with E-state index < -0.39 is 0 Å². The van der Waals surface area contributed by atoms with Crippen LogP contribution in [-0.2, 0) is 4.79 Å². The molecule has 21 heavy (non-hydrogen) atoms. The van der Waals surface area contributed by atoms with Gasteiger partial charge < -0.3 is 5.32 Å². The lowest BCUT2D eigenvalue weighted by molar-refractivity contribution is -0.111. The number of hydrogen-bond acceptors (Lipinski definition) is 2. The second-order valence-corrected chi connectivity index (χ2v) is 5.34. The summed E-state index contributed by atoms with van der Waals surface area (Å²) in [7, 11) is 0. The Kier molecular flexibility index (Phi) is 5.12. The molecule has 0 saturated carbocycles. The van der Waals surface area contributed by atoms with E-state index in [2.05, 4.69) is 36.3 Å². The highest BCUT2D eigenvalue weighted by molar-refractivity contribution is 6.32. The van der Waals surface area contributed by atoms with E-state index in [1.54, 1.807) is 24.4 Å². The summed E-state index contributed by atoms with van der Waals surface area (Å²) >= 11 is 5.88. The van der Waals surface area contributed by atoms with Crippen LogP contribution in [0.5, 0.6) is 0 Å². The molecule has 0 spiro atoms. The van der Waals surface area contributed by atoms with Crippen LogP contribution in [-0.4, -0.2) is 10.9 Å². The van der Waals surface area contributed by atoms with E-state index >= 15 is 0 Å². The lowest BCUT2D eigenvalue weighted by Crippen LogP contribution is -2.08. The Labute approximate surface area is 129 Å². The molecule has 0 aliphatic rings. The van der Waals surface area contributed by atoms with Crippen molar-refractivity contribution in [2.24, 2.45) is 0 Å². The maximum Gasteiger partial charge on any atom is 0.248 e. The fourth-order valence-corrected chi connectivity index (χ4v) is 1.98. The van der Waals surface area contributed by atoms with Gasteiger partial charge in [-0.2, -0.15) is 0 Å². The van der Waals surface area contributed by atoms with Crippen molar-refractivity contribution in [3.8, 4) is 0 Å². The summed E-state index contributed by atoms with van der Waals surface area (Å²) in [6.07, 6.45) is 4.82. The Bertz CT molecular complexity index is 648. The molecule has 1 amide bonds. The van der Waals surface area contributed by atoms with Gasteiger partial charge in [-0.3, -0.25) is 4.79 Å². The number of nitrogens with zero attached hydrogens (tertiary/aromatic N) is 1. The van der Waals surface area contributed by atoms with Crippen LogP contribution in [0.15, 0.2) is 48.7 Å². The Morgan fingerprint density at radius 2 is 1.95 bits per heavy atom. The van der Waals surface area contributed by atoms with Gasteiger partial charge in [-0.1, -0.05) is 49.7 Å². The molecule has 1 aromatic carbocycles. The van der Waals surface area contributed by atoms with Crippen molar-refractivity contribution in [2.45, 2.75) is 19.8 Å². The summed E-state index contributed by atoms with van der Waals surface area (Å²) in [4.78, 5) is 15.7. The summed E-state index contributed by atoms with van der Waals surface area (Å²) in [5, 5.41) is 2.97. The van der Waals surface area contributed by atoms with Crippen molar-refractivity contribution in [3.63, 3.8) is 0 Å². The first-order valence-corrected chi connectivity index (χ1v) is 7.13. The van der Waals surface area contributed by atoms with Crippen LogP contribution < -0.4 is 5.32 Å². The molecule has 4 heteroatoms. The number of carbonyl (C=O) groups is 1. The first kappa shape index (κ1) is 15.3. The maximum absolute atomic E-state index is 11.8. The Balaban J connectivity index is 2.00. The van der Waals surface area contributed by atoms with E-state index in [-0.39, 0.29) is 11.1 Å². The molecule has 0 unspecified atom stereocenters. The molecule has 1 aromatic heterocycles. The minimum Gasteiger partial charge on any atom is -0.320 e. The zero-order valence-electron chi connectivity index (χ0n) is 12.0. The number of benzene rings is 1. The van der Waals surface area contributed by atoms with Gasteiger partial charge in [-0.05, 0) is 35.3 Å². The molecule has 0 aliphatic carbocycles. The molecule has 3 nitrogen and oxygen atoms in total. The highest BCUT2D eigenvalue weighted by Crippen LogP contribution is 2.18. The van der Waals surface area contributed by atoms with E-state index in [4.69, 9.17) is 11.6 Å². The monoisotopic (exact) mass is 300 g/mol. The van der Waals surface area contributed by atoms with Crippen LogP contribution in [0.25, 0.3) is 6.08 Å². The van der Waals surface area contributed by atoms with E-state index in [9.17, 15) is 4.79 Å². The number of carbonyl (C=O) groups excluding carboxylic acids is 1. The van der Waals surface area contributed by atoms with E-state index in [0.717, 1.165) is 5.56 Å². The third-order valence-corrected chi connectivity index (χ3v) is 3.35. The maximum atomic E-state index is 11.8. The van der Waals surface area contributed by atoms with Gasteiger partial charge in [0, 0.05) is 12.3 Å². The van der Waals surface area contributed by atoms with Crippen LogP contribution in [0.3, 0.4) is 0 Å². The molecule has 0 radical (unpaired) electrons. The van der Waals surface area contributed by atoms with Crippen molar-refractivity contribution >= 4 is 29.3 Å². The standard InChI is InChI=1S/C17H17ClN2O/c1-12(2)14-8-5-13(6-9-14)7-10-16(21)20-15-4-3-11-19-17(15)18/h3-12H,1-2H3,(H,20,21)/b10-7+. The first-order valence-electron chi connectivity index (χ1n) is 6.76. The second-order valence-electron chi connectivity index (χ2n) is 4.99. The molecular formula is C17H17ClN2O. The van der Waals surface area contributed by atoms with Crippen molar-refractivity contribution in [3.05, 3.63) is 65.0 Å². The van der Waals surface area contributed by atoms with Gasteiger partial charge >= 0.3 is 0 Å². The average Bonchev–Trinajstić information content (AvgIpc) is 2.48. The van der Waals surface area contributed by atoms with Gasteiger partial charge in [0.2, 0.25) is 5.91 Å². The van der Waals surface area contributed by atoms with Crippen molar-refractivity contribution in [2.75, 3.05) is 5.32 Å². The molecule has 2 rings (SSSR count). The molecule has 0 saturated heterocycles. The molecule has 1 heterocycles. The minimum absolute atomic E-state index is 0.238. The van der Waals surface area contributed by atoms with E-state index in [1.165, 1.54) is 11.6 Å². The molecule has 0 bridgehead atoms. The van der Waals surface area contributed by atoms with Gasteiger partial charge in [0.25, 0.3) is 0 Å². The largest absolute Gasteiger partial charge is 0.320 e. The number of halogens is 1. The Morgan fingerprint density at radius 1 is 1.24 bits per heavy atom. The van der Waals surface area contributed by atoms with E-state index in [0.29, 0.717) is 11.6 Å². The average molecular weight is 301 g/mol. The normalized spacial score (nSPS) is 11.0. The lowest BCUT2D eigenvalue weighted by Gasteiger charge is -2.05. The lowest BCUT2D eigenvalue weighted by atomic mass is 10.0. The topological polar surface area (TPSA) is 42.0 Å². The minimum atomic E-state index is -0.238. The number of hydrogen-bond donors (Lipinski definition) is 1. The number of amides is 1. The smallest absolute Gasteiger partial charge is 0.248 e. The fourth-order valence-electron chi connectivity index (χ4n) is 1.82. The molecule has 0 aliphatic heterocycles. The number of rotatable bonds is 4. The molecule has 108 valence electrons. The molecular weight excluding hydrogens is 284 g/mol. The number of nitrogens with one attached hydrogen (secondary N) is 1. The van der Waals surface area contributed by atoms with Crippen LogP contribution in [0.2, 0.25) is 5.15 Å². The molecule has 0 atom stereocenters. The summed E-state index contributed by atoms with van der Waals surface area (Å²) in [6.45, 7) is 4.30. The van der Waals surface area contributed by atoms with Crippen LogP contribution in [0, 0.1) is 0 Å². The molecule has 1 N–H and O–H groups in total. The van der Waals surface area contributed by atoms with Gasteiger partial charge in [-0.15, -0.1) is 0 Å².